The van der Waals surface area contributed by atoms with Crippen LogP contribution in [0.5, 0.6) is 0 Å². The molecule has 0 radical (unpaired) electrons. The van der Waals surface area contributed by atoms with Crippen LogP contribution in [0.25, 0.3) is 16.6 Å². The maximum atomic E-state index is 13.0. The molecule has 1 saturated carbocycles. The highest BCUT2D eigenvalue weighted by molar-refractivity contribution is 5.83. The molecule has 2 bridgehead atoms. The summed E-state index contributed by atoms with van der Waals surface area (Å²) < 4.78 is 28.1. The minimum Gasteiger partial charge on any atom is -0.396 e. The number of aromatic nitrogens is 5. The molecule has 3 aromatic heterocycles. The average molecular weight is 443 g/mol. The summed E-state index contributed by atoms with van der Waals surface area (Å²) in [4.78, 5) is 21.7. The summed E-state index contributed by atoms with van der Waals surface area (Å²) in [5, 5.41) is 17.3. The summed E-state index contributed by atoms with van der Waals surface area (Å²) in [6, 6.07) is 2.15. The lowest BCUT2D eigenvalue weighted by molar-refractivity contribution is -0.136. The molecular weight excluding hydrogens is 420 g/mol. The van der Waals surface area contributed by atoms with E-state index in [9.17, 15) is 18.7 Å². The molecule has 11 heteroatoms. The Hall–Kier alpha value is -3.08. The Bertz CT molecular complexity index is 1160. The van der Waals surface area contributed by atoms with Crippen LogP contribution < -0.4 is 4.90 Å². The van der Waals surface area contributed by atoms with Crippen molar-refractivity contribution in [2.24, 2.45) is 11.8 Å². The summed E-state index contributed by atoms with van der Waals surface area (Å²) in [6.45, 7) is -1.23. The first-order valence-electron chi connectivity index (χ1n) is 10.9. The van der Waals surface area contributed by atoms with Crippen molar-refractivity contribution in [1.29, 1.82) is 0 Å². The molecule has 0 aromatic carbocycles. The molecule has 2 aliphatic heterocycles. The van der Waals surface area contributed by atoms with Crippen LogP contribution in [0.2, 0.25) is 0 Å². The fourth-order valence-electron chi connectivity index (χ4n) is 5.29. The number of carbonyl (C=O) groups excluding carboxylic acids is 1. The van der Waals surface area contributed by atoms with Gasteiger partial charge in [0.15, 0.2) is 5.82 Å². The zero-order valence-electron chi connectivity index (χ0n) is 17.3. The Balaban J connectivity index is 1.27. The first-order chi connectivity index (χ1) is 15.5. The second-order valence-corrected chi connectivity index (χ2v) is 8.95. The van der Waals surface area contributed by atoms with Crippen molar-refractivity contribution in [2.45, 2.75) is 37.9 Å². The predicted molar refractivity (Wildman–Crippen MR) is 110 cm³/mol. The van der Waals surface area contributed by atoms with Crippen molar-refractivity contribution in [3.8, 4) is 11.1 Å². The van der Waals surface area contributed by atoms with Crippen molar-refractivity contribution < 1.29 is 18.7 Å². The number of anilines is 1. The van der Waals surface area contributed by atoms with Crippen molar-refractivity contribution in [3.63, 3.8) is 0 Å². The van der Waals surface area contributed by atoms with Gasteiger partial charge in [-0.1, -0.05) is 0 Å². The van der Waals surface area contributed by atoms with Crippen LogP contribution in [0.15, 0.2) is 31.0 Å². The number of rotatable bonds is 5. The van der Waals surface area contributed by atoms with Gasteiger partial charge in [-0.3, -0.25) is 4.79 Å². The summed E-state index contributed by atoms with van der Waals surface area (Å²) in [7, 11) is 0. The molecule has 3 aliphatic rings. The van der Waals surface area contributed by atoms with E-state index in [1.807, 2.05) is 6.07 Å². The molecule has 4 atom stereocenters. The maximum absolute atomic E-state index is 13.0. The van der Waals surface area contributed by atoms with Crippen LogP contribution in [-0.2, 0) is 4.79 Å². The van der Waals surface area contributed by atoms with E-state index in [0.29, 0.717) is 23.3 Å². The smallest absolute Gasteiger partial charge is 0.333 e. The molecule has 2 saturated heterocycles. The maximum Gasteiger partial charge on any atom is 0.333 e. The molecule has 3 aromatic rings. The number of alkyl halides is 2. The van der Waals surface area contributed by atoms with Gasteiger partial charge in [-0.15, -0.1) is 0 Å². The number of amides is 1. The summed E-state index contributed by atoms with van der Waals surface area (Å²) in [5.41, 5.74) is 2.10. The van der Waals surface area contributed by atoms with Crippen molar-refractivity contribution in [1.82, 2.24) is 29.3 Å². The van der Waals surface area contributed by atoms with Crippen LogP contribution in [-0.4, -0.2) is 72.1 Å². The molecule has 1 N–H and O–H groups in total. The van der Waals surface area contributed by atoms with Gasteiger partial charge in [0, 0.05) is 61.2 Å². The monoisotopic (exact) mass is 443 g/mol. The summed E-state index contributed by atoms with van der Waals surface area (Å²) in [5.74, 6) is 1.05. The van der Waals surface area contributed by atoms with E-state index in [2.05, 4.69) is 25.0 Å². The lowest BCUT2D eigenvalue weighted by Crippen LogP contribution is -2.56. The van der Waals surface area contributed by atoms with Crippen LogP contribution in [0.4, 0.5) is 14.6 Å². The van der Waals surface area contributed by atoms with Crippen molar-refractivity contribution in [3.05, 3.63) is 31.0 Å². The highest BCUT2D eigenvalue weighted by Gasteiger charge is 2.51. The second-order valence-electron chi connectivity index (χ2n) is 8.95. The van der Waals surface area contributed by atoms with Crippen LogP contribution in [0, 0.1) is 11.8 Å². The largest absolute Gasteiger partial charge is 0.396 e. The van der Waals surface area contributed by atoms with Crippen LogP contribution >= 0.6 is 0 Å². The van der Waals surface area contributed by atoms with E-state index in [1.54, 1.807) is 10.7 Å². The van der Waals surface area contributed by atoms with E-state index in [-0.39, 0.29) is 36.4 Å². The summed E-state index contributed by atoms with van der Waals surface area (Å²) in [6.07, 6.45) is 8.71. The van der Waals surface area contributed by atoms with Gasteiger partial charge in [0.25, 0.3) is 0 Å². The number of carbonyl (C=O) groups is 1. The molecule has 0 spiro atoms. The van der Waals surface area contributed by atoms with Gasteiger partial charge < -0.3 is 14.9 Å². The highest BCUT2D eigenvalue weighted by Crippen LogP contribution is 2.43. The Morgan fingerprint density at radius 3 is 2.59 bits per heavy atom. The van der Waals surface area contributed by atoms with Gasteiger partial charge in [0.05, 0.1) is 6.20 Å². The van der Waals surface area contributed by atoms with E-state index < -0.39 is 6.55 Å². The number of aliphatic hydroxyl groups excluding tert-OH is 1. The Labute approximate surface area is 182 Å². The van der Waals surface area contributed by atoms with Gasteiger partial charge in [-0.05, 0) is 31.2 Å². The molecule has 3 fully saturated rings. The zero-order chi connectivity index (χ0) is 22.0. The molecule has 1 aliphatic carbocycles. The van der Waals surface area contributed by atoms with E-state index >= 15 is 0 Å². The normalized spacial score (nSPS) is 27.0. The number of hydrogen-bond acceptors (Lipinski definition) is 6. The number of piperazine rings is 1. The fraction of sp³-hybridized carbons (Fsp3) is 0.524. The molecule has 6 rings (SSSR count). The Morgan fingerprint density at radius 1 is 1.16 bits per heavy atom. The first-order valence-corrected chi connectivity index (χ1v) is 10.9. The molecule has 168 valence electrons. The number of fused-ring (bicyclic) bond motifs is 3. The van der Waals surface area contributed by atoms with Gasteiger partial charge >= 0.3 is 6.55 Å². The fourth-order valence-corrected chi connectivity index (χ4v) is 5.29. The standard InChI is InChI=1S/C21H23F2N7O2/c22-21(23)29-7-14(5-25-29)12-4-18-19(24-11-26-28(18)6-12)27-8-15-1-2-16(9-27)30(15)20(32)17-3-13(17)10-31/h4-7,11,13,15-17,21,31H,1-3,8-10H2/t13-,15?,16?,17?/m1/s1. The quantitative estimate of drug-likeness (QED) is 0.647. The predicted octanol–water partition coefficient (Wildman–Crippen LogP) is 1.80. The van der Waals surface area contributed by atoms with Gasteiger partial charge in [0.2, 0.25) is 5.91 Å². The number of halogens is 2. The number of hydrogen-bond donors (Lipinski definition) is 1. The highest BCUT2D eigenvalue weighted by atomic mass is 19.3. The molecule has 1 amide bonds. The van der Waals surface area contributed by atoms with Crippen LogP contribution in [0.1, 0.15) is 25.8 Å². The lowest BCUT2D eigenvalue weighted by Gasteiger charge is -2.42. The molecule has 5 heterocycles. The molecule has 3 unspecified atom stereocenters. The van der Waals surface area contributed by atoms with Gasteiger partial charge in [-0.25, -0.2) is 14.2 Å². The Morgan fingerprint density at radius 2 is 1.94 bits per heavy atom. The van der Waals surface area contributed by atoms with E-state index in [4.69, 9.17) is 0 Å². The third-order valence-corrected chi connectivity index (χ3v) is 7.03. The lowest BCUT2D eigenvalue weighted by atomic mass is 10.1. The van der Waals surface area contributed by atoms with Gasteiger partial charge in [-0.2, -0.15) is 19.0 Å². The van der Waals surface area contributed by atoms with E-state index in [1.165, 1.54) is 18.7 Å². The third kappa shape index (κ3) is 3.06. The Kier molecular flexibility index (Phi) is 4.42. The summed E-state index contributed by atoms with van der Waals surface area (Å²) >= 11 is 0. The first kappa shape index (κ1) is 19.6. The van der Waals surface area contributed by atoms with Gasteiger partial charge in [0.1, 0.15) is 11.8 Å². The van der Waals surface area contributed by atoms with Crippen molar-refractivity contribution >= 4 is 17.2 Å². The number of aliphatic hydroxyl groups is 1. The molecule has 32 heavy (non-hydrogen) atoms. The third-order valence-electron chi connectivity index (χ3n) is 7.03. The van der Waals surface area contributed by atoms with Crippen LogP contribution in [0.3, 0.4) is 0 Å². The second kappa shape index (κ2) is 7.22. The van der Waals surface area contributed by atoms with E-state index in [0.717, 1.165) is 36.2 Å². The topological polar surface area (TPSA) is 91.8 Å². The minimum atomic E-state index is -2.69. The van der Waals surface area contributed by atoms with Crippen molar-refractivity contribution in [2.75, 3.05) is 24.6 Å². The SMILES string of the molecule is O=C(C1C[C@@H]1CO)N1C2CCC1CN(c1ncnn3cc(-c4cnn(C(F)F)c4)cc13)C2. The minimum absolute atomic E-state index is 0.0252. The average Bonchev–Trinajstić information content (AvgIpc) is 3.09. The zero-order valence-corrected chi connectivity index (χ0v) is 17.3. The molecule has 9 nitrogen and oxygen atoms in total. The molecular formula is C21H23F2N7O2. The number of nitrogens with zero attached hydrogens (tertiary/aromatic N) is 7.